The summed E-state index contributed by atoms with van der Waals surface area (Å²) in [6.45, 7) is 4.16. The van der Waals surface area contributed by atoms with Gasteiger partial charge in [-0.05, 0) is 12.5 Å². The van der Waals surface area contributed by atoms with E-state index in [2.05, 4.69) is 5.32 Å². The Hall–Kier alpha value is -2.57. The molecule has 7 nitrogen and oxygen atoms in total. The first-order valence-electron chi connectivity index (χ1n) is 8.95. The fourth-order valence-corrected chi connectivity index (χ4v) is 3.40. The van der Waals surface area contributed by atoms with Crippen molar-refractivity contribution in [2.24, 2.45) is 11.8 Å². The van der Waals surface area contributed by atoms with Crippen LogP contribution >= 0.6 is 0 Å². The van der Waals surface area contributed by atoms with E-state index in [4.69, 9.17) is 4.74 Å². The van der Waals surface area contributed by atoms with Gasteiger partial charge in [-0.2, -0.15) is 0 Å². The van der Waals surface area contributed by atoms with Gasteiger partial charge in [0.05, 0.1) is 18.9 Å². The summed E-state index contributed by atoms with van der Waals surface area (Å²) in [6, 6.07) is 7.54. The van der Waals surface area contributed by atoms with Crippen LogP contribution in [0.3, 0.4) is 0 Å². The van der Waals surface area contributed by atoms with Gasteiger partial charge in [0, 0.05) is 45.2 Å². The van der Waals surface area contributed by atoms with Crippen molar-refractivity contribution in [2.75, 3.05) is 33.3 Å². The maximum absolute atomic E-state index is 12.5. The van der Waals surface area contributed by atoms with Crippen LogP contribution in [0.25, 0.3) is 0 Å². The largest absolute Gasteiger partial charge is 0.496 e. The summed E-state index contributed by atoms with van der Waals surface area (Å²) < 4.78 is 5.28. The van der Waals surface area contributed by atoms with Crippen molar-refractivity contribution in [3.8, 4) is 5.75 Å². The first-order valence-corrected chi connectivity index (χ1v) is 8.95. The van der Waals surface area contributed by atoms with E-state index in [0.29, 0.717) is 39.1 Å². The molecule has 0 spiro atoms. The number of rotatable bonds is 5. The molecule has 26 heavy (non-hydrogen) atoms. The molecule has 2 aliphatic rings. The molecule has 1 aromatic carbocycles. The zero-order chi connectivity index (χ0) is 18.7. The van der Waals surface area contributed by atoms with Gasteiger partial charge in [-0.1, -0.05) is 18.2 Å². The predicted molar refractivity (Wildman–Crippen MR) is 95.3 cm³/mol. The third-order valence-corrected chi connectivity index (χ3v) is 5.13. The van der Waals surface area contributed by atoms with Gasteiger partial charge < -0.3 is 19.9 Å². The lowest BCUT2D eigenvalue weighted by Gasteiger charge is -2.34. The highest BCUT2D eigenvalue weighted by Crippen LogP contribution is 2.40. The van der Waals surface area contributed by atoms with Crippen LogP contribution in [0.5, 0.6) is 5.75 Å². The number of hydrogen-bond donors (Lipinski definition) is 1. The fraction of sp³-hybridized carbons (Fsp3) is 0.526. The number of methoxy groups -OCH3 is 1. The zero-order valence-corrected chi connectivity index (χ0v) is 15.2. The number of benzene rings is 1. The zero-order valence-electron chi connectivity index (χ0n) is 15.2. The normalized spacial score (nSPS) is 21.9. The number of nitrogens with zero attached hydrogens (tertiary/aromatic N) is 2. The van der Waals surface area contributed by atoms with Crippen LogP contribution in [0.4, 0.5) is 0 Å². The van der Waals surface area contributed by atoms with Gasteiger partial charge in [0.25, 0.3) is 0 Å². The molecule has 1 aliphatic carbocycles. The Morgan fingerprint density at radius 3 is 2.38 bits per heavy atom. The van der Waals surface area contributed by atoms with Crippen LogP contribution in [0, 0.1) is 11.8 Å². The molecular formula is C19H25N3O4. The molecule has 7 heteroatoms. The maximum Gasteiger partial charge on any atom is 0.226 e. The minimum atomic E-state index is -0.247. The Labute approximate surface area is 153 Å². The first kappa shape index (κ1) is 18.2. The molecule has 1 aromatic rings. The van der Waals surface area contributed by atoms with E-state index in [1.54, 1.807) is 23.8 Å². The lowest BCUT2D eigenvalue weighted by atomic mass is 10.2. The number of nitrogens with one attached hydrogen (secondary N) is 1. The van der Waals surface area contributed by atoms with E-state index in [9.17, 15) is 14.4 Å². The second-order valence-corrected chi connectivity index (χ2v) is 6.81. The summed E-state index contributed by atoms with van der Waals surface area (Å²) in [5.41, 5.74) is 0.909. The van der Waals surface area contributed by atoms with Crippen LogP contribution in [0.2, 0.25) is 0 Å². The monoisotopic (exact) mass is 359 g/mol. The van der Waals surface area contributed by atoms with Gasteiger partial charge in [0.2, 0.25) is 17.7 Å². The average Bonchev–Trinajstić information content (AvgIpc) is 3.46. The van der Waals surface area contributed by atoms with E-state index >= 15 is 0 Å². The van der Waals surface area contributed by atoms with Gasteiger partial charge in [0.1, 0.15) is 5.75 Å². The molecule has 1 aliphatic heterocycles. The maximum atomic E-state index is 12.5. The molecule has 2 fully saturated rings. The van der Waals surface area contributed by atoms with E-state index in [-0.39, 0.29) is 29.6 Å². The second-order valence-electron chi connectivity index (χ2n) is 6.81. The molecule has 3 rings (SSSR count). The quantitative estimate of drug-likeness (QED) is 0.837. The highest BCUT2D eigenvalue weighted by molar-refractivity contribution is 5.92. The number of hydrogen-bond acceptors (Lipinski definition) is 4. The van der Waals surface area contributed by atoms with Gasteiger partial charge >= 0.3 is 0 Å². The van der Waals surface area contributed by atoms with E-state index in [0.717, 1.165) is 11.3 Å². The molecule has 1 heterocycles. The van der Waals surface area contributed by atoms with Crippen LogP contribution in [0.15, 0.2) is 24.3 Å². The summed E-state index contributed by atoms with van der Waals surface area (Å²) >= 11 is 0. The highest BCUT2D eigenvalue weighted by atomic mass is 16.5. The van der Waals surface area contributed by atoms with Crippen molar-refractivity contribution in [3.63, 3.8) is 0 Å². The van der Waals surface area contributed by atoms with E-state index in [1.165, 1.54) is 0 Å². The van der Waals surface area contributed by atoms with E-state index in [1.807, 2.05) is 24.3 Å². The Morgan fingerprint density at radius 2 is 1.73 bits per heavy atom. The number of carbonyl (C=O) groups excluding carboxylic acids is 3. The highest BCUT2D eigenvalue weighted by Gasteiger charge is 2.49. The van der Waals surface area contributed by atoms with Crippen molar-refractivity contribution in [1.29, 1.82) is 0 Å². The van der Waals surface area contributed by atoms with Gasteiger partial charge in [-0.15, -0.1) is 0 Å². The summed E-state index contributed by atoms with van der Waals surface area (Å²) in [5.74, 6) is 0.249. The smallest absolute Gasteiger partial charge is 0.226 e. The Bertz CT molecular complexity index is 698. The van der Waals surface area contributed by atoms with Crippen LogP contribution in [-0.4, -0.2) is 60.8 Å². The van der Waals surface area contributed by atoms with Crippen molar-refractivity contribution < 1.29 is 19.1 Å². The minimum absolute atomic E-state index is 0.0330. The summed E-state index contributed by atoms with van der Waals surface area (Å²) in [7, 11) is 1.60. The molecule has 1 saturated carbocycles. The Balaban J connectivity index is 1.46. The van der Waals surface area contributed by atoms with Gasteiger partial charge in [0.15, 0.2) is 0 Å². The number of ether oxygens (including phenoxy) is 1. The number of amides is 3. The molecule has 2 unspecified atom stereocenters. The van der Waals surface area contributed by atoms with Crippen LogP contribution in [-0.2, 0) is 20.9 Å². The molecule has 1 N–H and O–H groups in total. The molecule has 1 saturated heterocycles. The Morgan fingerprint density at radius 1 is 1.08 bits per heavy atom. The van der Waals surface area contributed by atoms with Crippen molar-refractivity contribution >= 4 is 17.7 Å². The number of para-hydroxylation sites is 1. The van der Waals surface area contributed by atoms with Crippen molar-refractivity contribution in [2.45, 2.75) is 19.9 Å². The SMILES string of the molecule is COc1ccccc1CNC(=O)C1CC1C(=O)N1CCN(C(C)=O)CC1. The number of piperazine rings is 1. The molecule has 0 bridgehead atoms. The van der Waals surface area contributed by atoms with Crippen LogP contribution < -0.4 is 10.1 Å². The third kappa shape index (κ3) is 3.98. The summed E-state index contributed by atoms with van der Waals surface area (Å²) in [5, 5.41) is 2.90. The molecule has 3 amide bonds. The summed E-state index contributed by atoms with van der Waals surface area (Å²) in [6.07, 6.45) is 0.601. The Kier molecular flexibility index (Phi) is 5.44. The first-order chi connectivity index (χ1) is 12.5. The van der Waals surface area contributed by atoms with Gasteiger partial charge in [-0.25, -0.2) is 0 Å². The van der Waals surface area contributed by atoms with E-state index < -0.39 is 0 Å². The standard InChI is InChI=1S/C19H25N3O4/c1-13(23)21-7-9-22(10-8-21)19(25)16-11-15(16)18(24)20-12-14-5-3-4-6-17(14)26-2/h3-6,15-16H,7-12H2,1-2H3,(H,20,24). The third-order valence-electron chi connectivity index (χ3n) is 5.13. The lowest BCUT2D eigenvalue weighted by molar-refractivity contribution is -0.140. The second kappa shape index (κ2) is 7.76. The topological polar surface area (TPSA) is 79.0 Å². The average molecular weight is 359 g/mol. The molecule has 0 radical (unpaired) electrons. The minimum Gasteiger partial charge on any atom is -0.496 e. The van der Waals surface area contributed by atoms with Crippen molar-refractivity contribution in [3.05, 3.63) is 29.8 Å². The van der Waals surface area contributed by atoms with Gasteiger partial charge in [-0.3, -0.25) is 14.4 Å². The summed E-state index contributed by atoms with van der Waals surface area (Å²) in [4.78, 5) is 39.8. The lowest BCUT2D eigenvalue weighted by Crippen LogP contribution is -2.50. The van der Waals surface area contributed by atoms with Crippen LogP contribution in [0.1, 0.15) is 18.9 Å². The van der Waals surface area contributed by atoms with Crippen molar-refractivity contribution in [1.82, 2.24) is 15.1 Å². The number of carbonyl (C=O) groups is 3. The molecule has 0 aromatic heterocycles. The molecular weight excluding hydrogens is 334 g/mol. The fourth-order valence-electron chi connectivity index (χ4n) is 3.40. The molecule has 140 valence electrons. The molecule has 2 atom stereocenters. The predicted octanol–water partition coefficient (Wildman–Crippen LogP) is 0.638.